The molecule has 1 aliphatic rings. The molecule has 1 heterocycles. The molecule has 0 radical (unpaired) electrons. The van der Waals surface area contributed by atoms with E-state index in [1.165, 1.54) is 0 Å². The average Bonchev–Trinajstić information content (AvgIpc) is 2.44. The summed E-state index contributed by atoms with van der Waals surface area (Å²) in [5.74, 6) is -0.748. The van der Waals surface area contributed by atoms with Gasteiger partial charge in [-0.2, -0.15) is 0 Å². The molecule has 0 aliphatic carbocycles. The van der Waals surface area contributed by atoms with Crippen LogP contribution in [0.5, 0.6) is 0 Å². The van der Waals surface area contributed by atoms with Crippen LogP contribution in [0.1, 0.15) is 33.1 Å². The number of carboxylic acids is 1. The molecule has 20 heavy (non-hydrogen) atoms. The number of aliphatic carboxylic acids is 1. The van der Waals surface area contributed by atoms with Gasteiger partial charge < -0.3 is 19.6 Å². The smallest absolute Gasteiger partial charge is 0.304 e. The number of hydrogen-bond donors (Lipinski definition) is 1. The lowest BCUT2D eigenvalue weighted by molar-refractivity contribution is -0.139. The molecule has 0 aromatic rings. The van der Waals surface area contributed by atoms with Crippen LogP contribution >= 0.6 is 0 Å². The van der Waals surface area contributed by atoms with Crippen molar-refractivity contribution in [3.8, 4) is 0 Å². The van der Waals surface area contributed by atoms with E-state index < -0.39 is 5.97 Å². The summed E-state index contributed by atoms with van der Waals surface area (Å²) in [5, 5.41) is 8.69. The third kappa shape index (κ3) is 5.88. The van der Waals surface area contributed by atoms with E-state index in [1.807, 2.05) is 13.8 Å². The van der Waals surface area contributed by atoms with Crippen molar-refractivity contribution in [1.29, 1.82) is 0 Å². The molecule has 1 saturated heterocycles. The Hall–Kier alpha value is -1.14. The van der Waals surface area contributed by atoms with Crippen molar-refractivity contribution in [2.45, 2.75) is 39.2 Å². The summed E-state index contributed by atoms with van der Waals surface area (Å²) in [4.78, 5) is 26.3. The largest absolute Gasteiger partial charge is 0.481 e. The summed E-state index contributed by atoms with van der Waals surface area (Å²) in [5.41, 5.74) is 0. The molecule has 1 N–H and O–H groups in total. The number of carbonyl (C=O) groups is 2. The number of carbonyl (C=O) groups excluding carboxylic acids is 1. The van der Waals surface area contributed by atoms with Crippen LogP contribution in [0, 0.1) is 0 Å². The lowest BCUT2D eigenvalue weighted by atomic mass is 10.1. The van der Waals surface area contributed by atoms with Crippen LogP contribution < -0.4 is 0 Å². The van der Waals surface area contributed by atoms with Gasteiger partial charge in [-0.05, 0) is 33.2 Å². The van der Waals surface area contributed by atoms with Gasteiger partial charge in [-0.15, -0.1) is 0 Å². The zero-order valence-electron chi connectivity index (χ0n) is 12.5. The van der Waals surface area contributed by atoms with Gasteiger partial charge in [0.1, 0.15) is 6.61 Å². The highest BCUT2D eigenvalue weighted by Gasteiger charge is 2.22. The Kier molecular flexibility index (Phi) is 7.54. The highest BCUT2D eigenvalue weighted by molar-refractivity contribution is 5.77. The maximum atomic E-state index is 11.9. The molecule has 0 saturated carbocycles. The van der Waals surface area contributed by atoms with Crippen LogP contribution in [0.3, 0.4) is 0 Å². The number of likely N-dealkylation sites (N-methyl/N-ethyl adjacent to an activating group) is 1. The Labute approximate surface area is 120 Å². The predicted molar refractivity (Wildman–Crippen MR) is 75.6 cm³/mol. The number of amides is 1. The molecule has 116 valence electrons. The average molecular weight is 286 g/mol. The van der Waals surface area contributed by atoms with E-state index in [2.05, 4.69) is 4.90 Å². The summed E-state index contributed by atoms with van der Waals surface area (Å²) in [6.45, 7) is 7.63. The minimum atomic E-state index is -0.773. The molecule has 1 unspecified atom stereocenters. The molecule has 1 rings (SSSR count). The normalized spacial score (nSPS) is 19.8. The standard InChI is InChI=1S/C14H26N2O4/c1-3-16(4-2)13(17)11-20-12-6-5-8-15(10-12)9-7-14(18)19/h12H,3-11H2,1-2H3,(H,18,19). The minimum absolute atomic E-state index is 0.0256. The van der Waals surface area contributed by atoms with Gasteiger partial charge in [-0.1, -0.05) is 0 Å². The Morgan fingerprint density at radius 1 is 1.35 bits per heavy atom. The highest BCUT2D eigenvalue weighted by atomic mass is 16.5. The summed E-state index contributed by atoms with van der Waals surface area (Å²) in [6, 6.07) is 0. The molecule has 1 atom stereocenters. The van der Waals surface area contributed by atoms with Gasteiger partial charge in [-0.25, -0.2) is 0 Å². The van der Waals surface area contributed by atoms with E-state index in [-0.39, 0.29) is 25.0 Å². The third-order valence-electron chi connectivity index (χ3n) is 3.66. The van der Waals surface area contributed by atoms with Crippen LogP contribution in [0.4, 0.5) is 0 Å². The fraction of sp³-hybridized carbons (Fsp3) is 0.857. The Morgan fingerprint density at radius 2 is 2.05 bits per heavy atom. The highest BCUT2D eigenvalue weighted by Crippen LogP contribution is 2.13. The number of piperidine rings is 1. The van der Waals surface area contributed by atoms with Gasteiger partial charge in [-0.3, -0.25) is 9.59 Å². The molecule has 1 fully saturated rings. The number of ether oxygens (including phenoxy) is 1. The Bertz CT molecular complexity index is 318. The summed E-state index contributed by atoms with van der Waals surface area (Å²) < 4.78 is 5.69. The number of hydrogen-bond acceptors (Lipinski definition) is 4. The van der Waals surface area contributed by atoms with E-state index in [9.17, 15) is 9.59 Å². The second-order valence-corrected chi connectivity index (χ2v) is 5.09. The van der Waals surface area contributed by atoms with Gasteiger partial charge in [0.2, 0.25) is 5.91 Å². The third-order valence-corrected chi connectivity index (χ3v) is 3.66. The predicted octanol–water partition coefficient (Wildman–Crippen LogP) is 0.811. The summed E-state index contributed by atoms with van der Waals surface area (Å²) >= 11 is 0. The van der Waals surface area contributed by atoms with Gasteiger partial charge in [0.15, 0.2) is 0 Å². The van der Waals surface area contributed by atoms with E-state index in [0.717, 1.165) is 25.9 Å². The first kappa shape index (κ1) is 16.9. The van der Waals surface area contributed by atoms with E-state index in [4.69, 9.17) is 9.84 Å². The maximum Gasteiger partial charge on any atom is 0.304 e. The molecule has 0 aromatic carbocycles. The van der Waals surface area contributed by atoms with Crippen molar-refractivity contribution in [3.05, 3.63) is 0 Å². The Morgan fingerprint density at radius 3 is 2.65 bits per heavy atom. The molecule has 1 aliphatic heterocycles. The SMILES string of the molecule is CCN(CC)C(=O)COC1CCCN(CCC(=O)O)C1. The van der Waals surface area contributed by atoms with Crippen molar-refractivity contribution in [2.24, 2.45) is 0 Å². The van der Waals surface area contributed by atoms with E-state index in [0.29, 0.717) is 19.6 Å². The number of carboxylic acid groups (broad SMARTS) is 1. The first-order valence-electron chi connectivity index (χ1n) is 7.40. The maximum absolute atomic E-state index is 11.9. The lowest BCUT2D eigenvalue weighted by Gasteiger charge is -2.32. The molecular weight excluding hydrogens is 260 g/mol. The number of rotatable bonds is 8. The van der Waals surface area contributed by atoms with Crippen molar-refractivity contribution < 1.29 is 19.4 Å². The van der Waals surface area contributed by atoms with Crippen molar-refractivity contribution in [2.75, 3.05) is 39.3 Å². The molecule has 1 amide bonds. The lowest BCUT2D eigenvalue weighted by Crippen LogP contribution is -2.42. The molecule has 6 heteroatoms. The summed E-state index contributed by atoms with van der Waals surface area (Å²) in [7, 11) is 0. The molecular formula is C14H26N2O4. The van der Waals surface area contributed by atoms with Gasteiger partial charge in [0, 0.05) is 26.2 Å². The molecule has 0 aromatic heterocycles. The first-order valence-corrected chi connectivity index (χ1v) is 7.40. The zero-order chi connectivity index (χ0) is 15.0. The van der Waals surface area contributed by atoms with Gasteiger partial charge in [0.25, 0.3) is 0 Å². The number of likely N-dealkylation sites (tertiary alicyclic amines) is 1. The van der Waals surface area contributed by atoms with Gasteiger partial charge in [0.05, 0.1) is 12.5 Å². The summed E-state index contributed by atoms with van der Waals surface area (Å²) in [6.07, 6.45) is 2.13. The second-order valence-electron chi connectivity index (χ2n) is 5.09. The first-order chi connectivity index (χ1) is 9.56. The Balaban J connectivity index is 2.29. The fourth-order valence-electron chi connectivity index (χ4n) is 2.46. The monoisotopic (exact) mass is 286 g/mol. The van der Waals surface area contributed by atoms with Gasteiger partial charge >= 0.3 is 5.97 Å². The number of nitrogens with zero attached hydrogens (tertiary/aromatic N) is 2. The van der Waals surface area contributed by atoms with Crippen LogP contribution in [-0.4, -0.2) is 72.2 Å². The van der Waals surface area contributed by atoms with Crippen molar-refractivity contribution in [1.82, 2.24) is 9.80 Å². The molecule has 0 spiro atoms. The van der Waals surface area contributed by atoms with Crippen LogP contribution in [-0.2, 0) is 14.3 Å². The van der Waals surface area contributed by atoms with Crippen LogP contribution in [0.25, 0.3) is 0 Å². The van der Waals surface area contributed by atoms with Crippen molar-refractivity contribution in [3.63, 3.8) is 0 Å². The molecule has 0 bridgehead atoms. The van der Waals surface area contributed by atoms with E-state index >= 15 is 0 Å². The zero-order valence-corrected chi connectivity index (χ0v) is 12.5. The minimum Gasteiger partial charge on any atom is -0.481 e. The van der Waals surface area contributed by atoms with Crippen molar-refractivity contribution >= 4 is 11.9 Å². The van der Waals surface area contributed by atoms with Crippen LogP contribution in [0.15, 0.2) is 0 Å². The second kappa shape index (κ2) is 8.92. The van der Waals surface area contributed by atoms with Crippen LogP contribution in [0.2, 0.25) is 0 Å². The fourth-order valence-corrected chi connectivity index (χ4v) is 2.46. The molecule has 6 nitrogen and oxygen atoms in total. The topological polar surface area (TPSA) is 70.1 Å². The quantitative estimate of drug-likeness (QED) is 0.715. The van der Waals surface area contributed by atoms with E-state index in [1.54, 1.807) is 4.90 Å².